The zero-order valence-electron chi connectivity index (χ0n) is 10.3. The molecule has 0 unspecified atom stereocenters. The lowest BCUT2D eigenvalue weighted by molar-refractivity contribution is -0.124. The van der Waals surface area contributed by atoms with E-state index in [1.807, 2.05) is 0 Å². The average Bonchev–Trinajstić information content (AvgIpc) is 2.84. The molecule has 104 valence electrons. The molecule has 0 saturated carbocycles. The van der Waals surface area contributed by atoms with Crippen molar-refractivity contribution in [3.05, 3.63) is 35.1 Å². The number of hydrogen-bond acceptors (Lipinski definition) is 6. The first-order chi connectivity index (χ1) is 9.51. The highest BCUT2D eigenvalue weighted by Gasteiger charge is 2.41. The Labute approximate surface area is 135 Å². The van der Waals surface area contributed by atoms with Crippen molar-refractivity contribution in [3.8, 4) is 0 Å². The van der Waals surface area contributed by atoms with Crippen LogP contribution in [0.4, 0.5) is 0 Å². The van der Waals surface area contributed by atoms with Crippen molar-refractivity contribution in [3.63, 3.8) is 0 Å². The Balaban J connectivity index is 2.35. The quantitative estimate of drug-likeness (QED) is 0.444. The van der Waals surface area contributed by atoms with Crippen LogP contribution in [0.15, 0.2) is 35.1 Å². The van der Waals surface area contributed by atoms with E-state index in [9.17, 15) is 9.59 Å². The largest absolute Gasteiger partial charge is 0.289 e. The molecule has 0 bridgehead atoms. The molecule has 0 radical (unpaired) electrons. The van der Waals surface area contributed by atoms with Crippen LogP contribution in [0.1, 0.15) is 0 Å². The van der Waals surface area contributed by atoms with Gasteiger partial charge in [0.05, 0.1) is 9.81 Å². The van der Waals surface area contributed by atoms with Gasteiger partial charge in [-0.2, -0.15) is 0 Å². The van der Waals surface area contributed by atoms with Crippen molar-refractivity contribution in [2.45, 2.75) is 0 Å². The van der Waals surface area contributed by atoms with E-state index in [-0.39, 0.29) is 11.8 Å². The highest BCUT2D eigenvalue weighted by Crippen LogP contribution is 2.41. The molecule has 0 N–H and O–H groups in total. The summed E-state index contributed by atoms with van der Waals surface area (Å²) in [5, 5.41) is 0. The van der Waals surface area contributed by atoms with Crippen LogP contribution in [0.2, 0.25) is 0 Å². The Kier molecular flexibility index (Phi) is 4.79. The van der Waals surface area contributed by atoms with Crippen molar-refractivity contribution in [2.24, 2.45) is 0 Å². The first-order valence-corrected chi connectivity index (χ1v) is 7.99. The number of rotatable bonds is 4. The standard InChI is InChI=1S/C12H10N2O2S4/c1-3-5-13-9(15)7(19-11(13)17)8-10(16)14(6-4-2)12(18)20-8/h3-4H,1-2,5-6H2/b8-7+. The smallest absolute Gasteiger partial charge is 0.267 e. The van der Waals surface area contributed by atoms with E-state index in [1.54, 1.807) is 12.2 Å². The minimum absolute atomic E-state index is 0.265. The van der Waals surface area contributed by atoms with Gasteiger partial charge >= 0.3 is 0 Å². The summed E-state index contributed by atoms with van der Waals surface area (Å²) in [6.07, 6.45) is 3.19. The van der Waals surface area contributed by atoms with Crippen LogP contribution in [0.5, 0.6) is 0 Å². The molecule has 0 aromatic rings. The molecule has 0 spiro atoms. The third kappa shape index (κ3) is 2.60. The predicted molar refractivity (Wildman–Crippen MR) is 91.2 cm³/mol. The number of thiocarbonyl (C=S) groups is 2. The lowest BCUT2D eigenvalue weighted by Gasteiger charge is -2.11. The van der Waals surface area contributed by atoms with Gasteiger partial charge in [0, 0.05) is 13.1 Å². The lowest BCUT2D eigenvalue weighted by atomic mass is 10.3. The maximum Gasteiger partial charge on any atom is 0.267 e. The minimum Gasteiger partial charge on any atom is -0.289 e. The molecule has 4 nitrogen and oxygen atoms in total. The molecule has 2 saturated heterocycles. The van der Waals surface area contributed by atoms with Crippen LogP contribution in [0, 0.1) is 0 Å². The van der Waals surface area contributed by atoms with Gasteiger partial charge < -0.3 is 0 Å². The molecule has 2 heterocycles. The molecule has 20 heavy (non-hydrogen) atoms. The predicted octanol–water partition coefficient (Wildman–Crippen LogP) is 2.29. The van der Waals surface area contributed by atoms with E-state index in [0.29, 0.717) is 31.5 Å². The van der Waals surface area contributed by atoms with Crippen molar-refractivity contribution in [2.75, 3.05) is 13.1 Å². The fourth-order valence-electron chi connectivity index (χ4n) is 1.64. The molecule has 2 aliphatic rings. The van der Waals surface area contributed by atoms with Gasteiger partial charge in [-0.1, -0.05) is 60.1 Å². The van der Waals surface area contributed by atoms with Crippen LogP contribution in [-0.2, 0) is 9.59 Å². The van der Waals surface area contributed by atoms with E-state index in [2.05, 4.69) is 13.2 Å². The number of carbonyl (C=O) groups is 2. The van der Waals surface area contributed by atoms with Crippen LogP contribution >= 0.6 is 48.0 Å². The zero-order chi connectivity index (χ0) is 14.9. The molecule has 0 aromatic carbocycles. The fourth-order valence-corrected chi connectivity index (χ4v) is 4.35. The third-order valence-corrected chi connectivity index (χ3v) is 5.55. The summed E-state index contributed by atoms with van der Waals surface area (Å²) in [5.74, 6) is -0.530. The molecular weight excluding hydrogens is 332 g/mol. The van der Waals surface area contributed by atoms with E-state index < -0.39 is 0 Å². The van der Waals surface area contributed by atoms with Gasteiger partial charge in [-0.25, -0.2) is 0 Å². The first-order valence-electron chi connectivity index (χ1n) is 5.54. The Morgan fingerprint density at radius 1 is 0.900 bits per heavy atom. The fraction of sp³-hybridized carbons (Fsp3) is 0.167. The molecule has 2 amide bonds. The van der Waals surface area contributed by atoms with Crippen molar-refractivity contribution < 1.29 is 9.59 Å². The molecule has 0 atom stereocenters. The minimum atomic E-state index is -0.265. The van der Waals surface area contributed by atoms with E-state index in [1.165, 1.54) is 9.80 Å². The Morgan fingerprint density at radius 2 is 1.25 bits per heavy atom. The summed E-state index contributed by atoms with van der Waals surface area (Å²) in [6, 6.07) is 0. The topological polar surface area (TPSA) is 40.6 Å². The number of hydrogen-bond donors (Lipinski definition) is 0. The highest BCUT2D eigenvalue weighted by atomic mass is 32.2. The summed E-state index contributed by atoms with van der Waals surface area (Å²) in [5.41, 5.74) is 0. The third-order valence-electron chi connectivity index (χ3n) is 2.53. The van der Waals surface area contributed by atoms with Crippen LogP contribution < -0.4 is 0 Å². The van der Waals surface area contributed by atoms with E-state index in [4.69, 9.17) is 24.4 Å². The Bertz CT molecular complexity index is 532. The normalized spacial score (nSPS) is 23.0. The van der Waals surface area contributed by atoms with Gasteiger partial charge in [-0.05, 0) is 0 Å². The van der Waals surface area contributed by atoms with Crippen LogP contribution in [0.25, 0.3) is 0 Å². The van der Waals surface area contributed by atoms with Gasteiger partial charge in [0.25, 0.3) is 11.8 Å². The second-order valence-electron chi connectivity index (χ2n) is 3.80. The van der Waals surface area contributed by atoms with Crippen molar-refractivity contribution >= 4 is 68.4 Å². The van der Waals surface area contributed by atoms with Crippen molar-refractivity contribution in [1.82, 2.24) is 9.80 Å². The van der Waals surface area contributed by atoms with E-state index >= 15 is 0 Å². The Morgan fingerprint density at radius 3 is 1.55 bits per heavy atom. The molecular formula is C12H10N2O2S4. The summed E-state index contributed by atoms with van der Waals surface area (Å²) in [7, 11) is 0. The monoisotopic (exact) mass is 342 g/mol. The summed E-state index contributed by atoms with van der Waals surface area (Å²) < 4.78 is 0.859. The second-order valence-corrected chi connectivity index (χ2v) is 7.09. The average molecular weight is 342 g/mol. The Hall–Kier alpha value is -0.960. The van der Waals surface area contributed by atoms with Gasteiger partial charge in [0.1, 0.15) is 8.64 Å². The molecule has 2 rings (SSSR count). The number of carbonyl (C=O) groups excluding carboxylic acids is 2. The maximum atomic E-state index is 12.3. The SMILES string of the molecule is C=CCN1C(=O)/C(=C2\SC(=S)N(CC=C)C2=O)SC1=S. The van der Waals surface area contributed by atoms with Gasteiger partial charge in [-0.15, -0.1) is 13.2 Å². The van der Waals surface area contributed by atoms with Gasteiger partial charge in [0.2, 0.25) is 0 Å². The van der Waals surface area contributed by atoms with Gasteiger partial charge in [0.15, 0.2) is 0 Å². The zero-order valence-corrected chi connectivity index (χ0v) is 13.6. The lowest BCUT2D eigenvalue weighted by Crippen LogP contribution is -2.29. The number of thioether (sulfide) groups is 2. The summed E-state index contributed by atoms with van der Waals surface area (Å²) in [6.45, 7) is 7.84. The molecule has 0 aromatic heterocycles. The maximum absolute atomic E-state index is 12.3. The second kappa shape index (κ2) is 6.21. The highest BCUT2D eigenvalue weighted by molar-refractivity contribution is 8.29. The van der Waals surface area contributed by atoms with Crippen LogP contribution in [0.3, 0.4) is 0 Å². The molecule has 0 aliphatic carbocycles. The first kappa shape index (κ1) is 15.4. The summed E-state index contributed by atoms with van der Waals surface area (Å²) >= 11 is 12.6. The van der Waals surface area contributed by atoms with Crippen LogP contribution in [-0.4, -0.2) is 43.3 Å². The number of nitrogens with zero attached hydrogens (tertiary/aromatic N) is 2. The van der Waals surface area contributed by atoms with Crippen molar-refractivity contribution in [1.29, 1.82) is 0 Å². The number of amides is 2. The molecule has 2 fully saturated rings. The van der Waals surface area contributed by atoms with Gasteiger partial charge in [-0.3, -0.25) is 19.4 Å². The summed E-state index contributed by atoms with van der Waals surface area (Å²) in [4.78, 5) is 28.1. The van der Waals surface area contributed by atoms with E-state index in [0.717, 1.165) is 23.5 Å². The molecule has 2 aliphatic heterocycles. The molecule has 8 heteroatoms.